The zero-order valence-corrected chi connectivity index (χ0v) is 93.3. The fourth-order valence-electron chi connectivity index (χ4n) is 17.7. The van der Waals surface area contributed by atoms with Gasteiger partial charge in [0.25, 0.3) is 0 Å². The molecule has 1 aliphatic rings. The third-order valence-electron chi connectivity index (χ3n) is 26.6. The van der Waals surface area contributed by atoms with Crippen molar-refractivity contribution >= 4 is 0 Å². The molecule has 0 saturated carbocycles. The zero-order valence-electron chi connectivity index (χ0n) is 93.3. The zero-order chi connectivity index (χ0) is 100. The molecule has 0 aromatic carbocycles. The lowest BCUT2D eigenvalue weighted by molar-refractivity contribution is -0.0590. The van der Waals surface area contributed by atoms with Crippen LogP contribution in [0.25, 0.3) is 0 Å². The van der Waals surface area contributed by atoms with Crippen molar-refractivity contribution in [3.8, 4) is 0 Å². The van der Waals surface area contributed by atoms with Crippen LogP contribution >= 0.6 is 0 Å². The van der Waals surface area contributed by atoms with E-state index in [9.17, 15) is 20.4 Å². The quantitative estimate of drug-likeness (QED) is 0.0244. The van der Waals surface area contributed by atoms with Crippen LogP contribution in [0.5, 0.6) is 0 Å². The van der Waals surface area contributed by atoms with Crippen LogP contribution in [0, 0.1) is 0 Å². The molecule has 137 heavy (non-hydrogen) atoms. The van der Waals surface area contributed by atoms with E-state index in [4.69, 9.17) is 68.3 Å². The minimum atomic E-state index is -0.685. The number of aliphatic hydroxyl groups is 4. The van der Waals surface area contributed by atoms with Gasteiger partial charge in [0.15, 0.2) is 0 Å². The van der Waals surface area contributed by atoms with Crippen LogP contribution in [0.15, 0.2) is 0 Å². The van der Waals surface area contributed by atoms with E-state index in [-0.39, 0.29) is 62.8 Å². The smallest absolute Gasteiger partial charge is 0.104 e. The van der Waals surface area contributed by atoms with E-state index in [2.05, 4.69) is 58.3 Å². The van der Waals surface area contributed by atoms with Crippen molar-refractivity contribution in [3.05, 3.63) is 0 Å². The predicted molar refractivity (Wildman–Crippen MR) is 583 cm³/mol. The molecule has 826 valence electrons. The van der Waals surface area contributed by atoms with Gasteiger partial charge in [0.1, 0.15) is 6.10 Å². The number of epoxide rings is 1. The van der Waals surface area contributed by atoms with Gasteiger partial charge in [-0.2, -0.15) is 0 Å². The Morgan fingerprint density at radius 2 is 0.394 bits per heavy atom. The molecule has 8 N–H and O–H groups in total. The highest BCUT2D eigenvalue weighted by Gasteiger charge is 2.25. The van der Waals surface area contributed by atoms with E-state index in [0.717, 1.165) is 71.2 Å². The van der Waals surface area contributed by atoms with Crippen molar-refractivity contribution in [2.75, 3.05) is 165 Å². The maximum atomic E-state index is 11.2. The number of nitrogens with two attached hydrogens (primary N) is 2. The van der Waals surface area contributed by atoms with Gasteiger partial charge >= 0.3 is 0 Å². The maximum absolute atomic E-state index is 11.2. The van der Waals surface area contributed by atoms with E-state index in [1.807, 2.05) is 27.7 Å². The molecule has 0 radical (unpaired) electrons. The fourth-order valence-corrected chi connectivity index (χ4v) is 17.7. The van der Waals surface area contributed by atoms with E-state index in [1.54, 1.807) is 0 Å². The van der Waals surface area contributed by atoms with Crippen LogP contribution in [-0.4, -0.2) is 262 Å². The van der Waals surface area contributed by atoms with Gasteiger partial charge in [-0.05, 0) is 73.6 Å². The summed E-state index contributed by atoms with van der Waals surface area (Å²) in [6, 6.07) is 0.0105. The summed E-state index contributed by atoms with van der Waals surface area (Å²) >= 11 is 0. The highest BCUT2D eigenvalue weighted by atomic mass is 16.6. The van der Waals surface area contributed by atoms with Crippen molar-refractivity contribution in [1.82, 2.24) is 9.80 Å². The van der Waals surface area contributed by atoms with Gasteiger partial charge in [0.2, 0.25) is 0 Å². The van der Waals surface area contributed by atoms with Gasteiger partial charge in [-0.25, -0.2) is 0 Å². The normalized spacial score (nSPS) is 15.0. The van der Waals surface area contributed by atoms with Gasteiger partial charge in [0.05, 0.1) is 142 Å². The minimum Gasteiger partial charge on any atom is -0.389 e. The monoisotopic (exact) mass is 1960 g/mol. The summed E-state index contributed by atoms with van der Waals surface area (Å²) in [4.78, 5) is 4.23. The largest absolute Gasteiger partial charge is 0.389 e. The van der Waals surface area contributed by atoms with Gasteiger partial charge < -0.3 is 88.7 Å². The maximum Gasteiger partial charge on any atom is 0.104 e. The van der Waals surface area contributed by atoms with Crippen molar-refractivity contribution in [3.63, 3.8) is 0 Å². The Morgan fingerprint density at radius 1 is 0.219 bits per heavy atom. The molecule has 1 saturated heterocycles. The summed E-state index contributed by atoms with van der Waals surface area (Å²) in [6.07, 6.45) is 91.4. The summed E-state index contributed by atoms with van der Waals surface area (Å²) in [5.41, 5.74) is 11.1. The van der Waals surface area contributed by atoms with E-state index in [0.29, 0.717) is 125 Å². The fraction of sp³-hybridized carbons (Fsp3) is 1.00. The topological polar surface area (TPSA) is 253 Å². The second-order valence-electron chi connectivity index (χ2n) is 42.1. The minimum absolute atomic E-state index is 0.0657. The SMILES string of the molecule is CC(N)COCCOC(C)COCC(C)N.CCCCCCCCCCCCCCCCOCC(O)CN(CC(O)COCCCCCCCCCCCCCCCC)C(C)COCCOC(C)COCC(C)N(CC(O)COCCCCCCCCCCCCCCCC)CC(O)COCCCCCCCCCCCCCCCC.CCCCCCCCCCCCCCCCOCC1CO1. The summed E-state index contributed by atoms with van der Waals surface area (Å²) in [7, 11) is 0. The molecule has 20 heteroatoms. The van der Waals surface area contributed by atoms with Crippen LogP contribution in [0.3, 0.4) is 0 Å². The molecule has 20 nitrogen and oxygen atoms in total. The van der Waals surface area contributed by atoms with E-state index < -0.39 is 24.4 Å². The highest BCUT2D eigenvalue weighted by Crippen LogP contribution is 2.22. The van der Waals surface area contributed by atoms with Gasteiger partial charge in [-0.3, -0.25) is 9.80 Å². The lowest BCUT2D eigenvalue weighted by Gasteiger charge is -2.32. The average Bonchev–Trinajstić information content (AvgIpc) is 1.63. The summed E-state index contributed by atoms with van der Waals surface area (Å²) in [5.74, 6) is 0. The number of rotatable bonds is 115. The van der Waals surface area contributed by atoms with Crippen molar-refractivity contribution in [2.24, 2.45) is 11.5 Å². The van der Waals surface area contributed by atoms with Crippen LogP contribution in [0.1, 0.15) is 526 Å². The molecule has 0 spiro atoms. The second kappa shape index (κ2) is 115. The summed E-state index contributed by atoms with van der Waals surface area (Å²) in [6.45, 7) is 36.1. The molecular weight excluding hydrogens is 1720 g/mol. The molecule has 0 aliphatic carbocycles. The van der Waals surface area contributed by atoms with Crippen LogP contribution in [0.4, 0.5) is 0 Å². The molecule has 0 aromatic rings. The first-order valence-electron chi connectivity index (χ1n) is 59.8. The van der Waals surface area contributed by atoms with E-state index >= 15 is 0 Å². The van der Waals surface area contributed by atoms with Crippen molar-refractivity contribution in [1.29, 1.82) is 0 Å². The molecular formula is C117H242N4O16. The molecule has 1 heterocycles. The molecule has 0 amide bonds. The molecule has 0 aromatic heterocycles. The number of aliphatic hydroxyl groups excluding tert-OH is 4. The second-order valence-corrected chi connectivity index (χ2v) is 42.1. The van der Waals surface area contributed by atoms with Crippen LogP contribution in [0.2, 0.25) is 0 Å². The molecule has 11 unspecified atom stereocenters. The highest BCUT2D eigenvalue weighted by molar-refractivity contribution is 4.77. The first-order valence-corrected chi connectivity index (χ1v) is 59.8. The predicted octanol–water partition coefficient (Wildman–Crippen LogP) is 28.2. The Labute approximate surface area is 851 Å². The third kappa shape index (κ3) is 115. The lowest BCUT2D eigenvalue weighted by atomic mass is 10.0. The molecule has 1 fully saturated rings. The third-order valence-corrected chi connectivity index (χ3v) is 26.6. The van der Waals surface area contributed by atoms with Crippen molar-refractivity contribution < 1.29 is 77.3 Å². The Morgan fingerprint density at radius 3 is 0.606 bits per heavy atom. The first kappa shape index (κ1) is 138. The Balaban J connectivity index is 0. The number of ether oxygens (including phenoxy) is 12. The molecule has 1 aliphatic heterocycles. The standard InChI is InChI=1S/C87H178N2O11.C19H38O2.C11H26N2O3/c1-8-12-16-20-24-28-32-36-40-44-48-52-56-60-64-94-77-84(90)70-88(71-85(91)78-95-65-61-57-53-49-45-41-37-33-29-25-21-17-13-9-2)81(5)74-98-68-69-100-83(7)76-99-75-82(6)89(72-86(92)79-96-66-62-58-54-50-46-42-38-34-30-26-22-18-14-10-3)73-87(93)80-97-67-63-59-55-51-47-43-39-35-31-27-23-19-15-11-4;1-2-3-4-5-6-7-8-9-10-11-12-13-14-15-16-20-17-19-18-21-19;1-9(12)6-14-4-5-16-11(3)8-15-7-10(2)13/h81-87,90-93H,8-80H2,1-7H3;19H,2-18H2,1H3;9-11H,4-8,12-13H2,1-3H3. The number of hydrogen-bond donors (Lipinski definition) is 6. The number of unbranched alkanes of at least 4 members (excludes halogenated alkanes) is 65. The van der Waals surface area contributed by atoms with Gasteiger partial charge in [0, 0.05) is 83.4 Å². The van der Waals surface area contributed by atoms with Gasteiger partial charge in [-0.15, -0.1) is 0 Å². The lowest BCUT2D eigenvalue weighted by Crippen LogP contribution is -2.47. The molecule has 0 bridgehead atoms. The Hall–Kier alpha value is -0.800. The molecule has 1 rings (SSSR count). The Kier molecular flexibility index (Phi) is 117. The van der Waals surface area contributed by atoms with E-state index in [1.165, 1.54) is 398 Å². The van der Waals surface area contributed by atoms with Gasteiger partial charge in [-0.1, -0.05) is 452 Å². The Bertz CT molecular complexity index is 2100. The molecule has 11 atom stereocenters. The van der Waals surface area contributed by atoms with Crippen LogP contribution < -0.4 is 11.5 Å². The summed E-state index contributed by atoms with van der Waals surface area (Å²) in [5, 5.41) is 45.0. The summed E-state index contributed by atoms with van der Waals surface area (Å²) < 4.78 is 69.4. The number of hydrogen-bond acceptors (Lipinski definition) is 20. The first-order chi connectivity index (χ1) is 67.0. The number of nitrogens with zero attached hydrogens (tertiary/aromatic N) is 2. The van der Waals surface area contributed by atoms with Crippen molar-refractivity contribution in [2.45, 2.75) is 593 Å². The average molecular weight is 1960 g/mol. The van der Waals surface area contributed by atoms with Crippen LogP contribution in [-0.2, 0) is 56.8 Å².